The van der Waals surface area contributed by atoms with Crippen molar-refractivity contribution in [3.8, 4) is 0 Å². The molecule has 0 N–H and O–H groups in total. The van der Waals surface area contributed by atoms with Crippen molar-refractivity contribution >= 4 is 17.6 Å². The maximum atomic E-state index is 5.56. The summed E-state index contributed by atoms with van der Waals surface area (Å²) in [5, 5.41) is 7.69. The Morgan fingerprint density at radius 3 is 2.43 bits per heavy atom. The van der Waals surface area contributed by atoms with Gasteiger partial charge in [0.15, 0.2) is 0 Å². The molecule has 0 saturated carbocycles. The first kappa shape index (κ1) is 11.3. The molecule has 1 aromatic heterocycles. The highest BCUT2D eigenvalue weighted by atomic mass is 35.5. The van der Waals surface area contributed by atoms with E-state index < -0.39 is 0 Å². The van der Waals surface area contributed by atoms with Crippen LogP contribution < -0.4 is 4.90 Å². The molecule has 0 bridgehead atoms. The Bertz CT molecular complexity index is 292. The molecule has 0 aliphatic heterocycles. The highest BCUT2D eigenvalue weighted by Gasteiger charge is 2.17. The molecule has 4 nitrogen and oxygen atoms in total. The lowest BCUT2D eigenvalue weighted by molar-refractivity contribution is 0.400. The van der Waals surface area contributed by atoms with E-state index in [-0.39, 0.29) is 11.3 Å². The van der Waals surface area contributed by atoms with Gasteiger partial charge in [0.25, 0.3) is 0 Å². The largest absolute Gasteiger partial charge is 0.407 e. The SMILES string of the molecule is CN(CC(C)(C)C)c1nnc(CCl)o1. The molecule has 0 saturated heterocycles. The van der Waals surface area contributed by atoms with Gasteiger partial charge < -0.3 is 9.32 Å². The first-order valence-electron chi connectivity index (χ1n) is 4.52. The van der Waals surface area contributed by atoms with E-state index in [0.717, 1.165) is 6.54 Å². The summed E-state index contributed by atoms with van der Waals surface area (Å²) in [6.45, 7) is 7.32. The van der Waals surface area contributed by atoms with Gasteiger partial charge in [0.1, 0.15) is 5.88 Å². The summed E-state index contributed by atoms with van der Waals surface area (Å²) >= 11 is 5.56. The smallest absolute Gasteiger partial charge is 0.317 e. The van der Waals surface area contributed by atoms with Gasteiger partial charge in [-0.25, -0.2) is 0 Å². The van der Waals surface area contributed by atoms with Crippen molar-refractivity contribution in [2.24, 2.45) is 5.41 Å². The van der Waals surface area contributed by atoms with Crippen LogP contribution in [0.4, 0.5) is 6.01 Å². The van der Waals surface area contributed by atoms with Crippen LogP contribution in [0.3, 0.4) is 0 Å². The van der Waals surface area contributed by atoms with Crippen molar-refractivity contribution in [3.63, 3.8) is 0 Å². The first-order valence-corrected chi connectivity index (χ1v) is 5.05. The highest BCUT2D eigenvalue weighted by Crippen LogP contribution is 2.19. The van der Waals surface area contributed by atoms with Crippen LogP contribution in [0, 0.1) is 5.41 Å². The van der Waals surface area contributed by atoms with Crippen LogP contribution in [0.2, 0.25) is 0 Å². The third-order valence-corrected chi connectivity index (χ3v) is 1.84. The van der Waals surface area contributed by atoms with Gasteiger partial charge in [-0.2, -0.15) is 0 Å². The number of anilines is 1. The van der Waals surface area contributed by atoms with Gasteiger partial charge in [-0.05, 0) is 5.41 Å². The van der Waals surface area contributed by atoms with E-state index in [0.29, 0.717) is 11.9 Å². The predicted molar refractivity (Wildman–Crippen MR) is 56.6 cm³/mol. The minimum atomic E-state index is 0.199. The number of hydrogen-bond acceptors (Lipinski definition) is 4. The van der Waals surface area contributed by atoms with Crippen LogP contribution in [-0.4, -0.2) is 23.8 Å². The van der Waals surface area contributed by atoms with Crippen molar-refractivity contribution in [2.45, 2.75) is 26.7 Å². The van der Waals surface area contributed by atoms with E-state index in [1.807, 2.05) is 11.9 Å². The third kappa shape index (κ3) is 3.18. The van der Waals surface area contributed by atoms with Crippen LogP contribution in [0.1, 0.15) is 26.7 Å². The van der Waals surface area contributed by atoms with Gasteiger partial charge in [-0.1, -0.05) is 25.9 Å². The zero-order valence-corrected chi connectivity index (χ0v) is 9.80. The third-order valence-electron chi connectivity index (χ3n) is 1.61. The number of halogens is 1. The number of hydrogen-bond donors (Lipinski definition) is 0. The second-order valence-electron chi connectivity index (χ2n) is 4.53. The van der Waals surface area contributed by atoms with Crippen molar-refractivity contribution < 1.29 is 4.42 Å². The number of aromatic nitrogens is 2. The van der Waals surface area contributed by atoms with Gasteiger partial charge in [-0.3, -0.25) is 0 Å². The zero-order chi connectivity index (χ0) is 10.8. The Hall–Kier alpha value is -0.770. The minimum absolute atomic E-state index is 0.199. The fourth-order valence-electron chi connectivity index (χ4n) is 1.23. The van der Waals surface area contributed by atoms with E-state index in [1.165, 1.54) is 0 Å². The monoisotopic (exact) mass is 217 g/mol. The fraction of sp³-hybridized carbons (Fsp3) is 0.778. The standard InChI is InChI=1S/C9H16ClN3O/c1-9(2,3)6-13(4)8-12-11-7(5-10)14-8/h5-6H2,1-4H3. The van der Waals surface area contributed by atoms with Crippen molar-refractivity contribution in [1.29, 1.82) is 0 Å². The van der Waals surface area contributed by atoms with E-state index in [2.05, 4.69) is 31.0 Å². The molecular weight excluding hydrogens is 202 g/mol. The van der Waals surface area contributed by atoms with E-state index >= 15 is 0 Å². The van der Waals surface area contributed by atoms with Crippen molar-refractivity contribution in [3.05, 3.63) is 5.89 Å². The highest BCUT2D eigenvalue weighted by molar-refractivity contribution is 6.16. The van der Waals surface area contributed by atoms with Gasteiger partial charge in [0, 0.05) is 13.6 Å². The summed E-state index contributed by atoms with van der Waals surface area (Å²) in [6.07, 6.45) is 0. The molecule has 0 amide bonds. The molecule has 0 atom stereocenters. The second-order valence-corrected chi connectivity index (χ2v) is 4.80. The summed E-state index contributed by atoms with van der Waals surface area (Å²) in [4.78, 5) is 1.93. The van der Waals surface area contributed by atoms with E-state index in [4.69, 9.17) is 16.0 Å². The molecule has 14 heavy (non-hydrogen) atoms. The molecule has 0 radical (unpaired) electrons. The summed E-state index contributed by atoms with van der Waals surface area (Å²) in [5.74, 6) is 0.721. The Morgan fingerprint density at radius 2 is 2.00 bits per heavy atom. The van der Waals surface area contributed by atoms with Crippen molar-refractivity contribution in [2.75, 3.05) is 18.5 Å². The Morgan fingerprint density at radius 1 is 1.36 bits per heavy atom. The maximum absolute atomic E-state index is 5.56. The molecule has 80 valence electrons. The summed E-state index contributed by atoms with van der Waals surface area (Å²) in [5.41, 5.74) is 0.199. The topological polar surface area (TPSA) is 42.2 Å². The quantitative estimate of drug-likeness (QED) is 0.729. The van der Waals surface area contributed by atoms with Crippen LogP contribution in [-0.2, 0) is 5.88 Å². The van der Waals surface area contributed by atoms with Gasteiger partial charge >= 0.3 is 6.01 Å². The summed E-state index contributed by atoms with van der Waals surface area (Å²) in [6, 6.07) is 0.524. The normalized spacial score (nSPS) is 11.8. The van der Waals surface area contributed by atoms with Gasteiger partial charge in [0.2, 0.25) is 5.89 Å². The minimum Gasteiger partial charge on any atom is -0.407 e. The lowest BCUT2D eigenvalue weighted by Gasteiger charge is -2.24. The second kappa shape index (κ2) is 4.17. The molecule has 1 rings (SSSR count). The van der Waals surface area contributed by atoms with Crippen LogP contribution in [0.15, 0.2) is 4.42 Å². The van der Waals surface area contributed by atoms with Gasteiger partial charge in [0.05, 0.1) is 0 Å². The lowest BCUT2D eigenvalue weighted by Crippen LogP contribution is -2.29. The molecule has 0 aromatic carbocycles. The van der Waals surface area contributed by atoms with E-state index in [9.17, 15) is 0 Å². The number of alkyl halides is 1. The predicted octanol–water partition coefficient (Wildman–Crippen LogP) is 2.29. The van der Waals surface area contributed by atoms with Crippen molar-refractivity contribution in [1.82, 2.24) is 10.2 Å². The molecule has 1 aromatic rings. The number of nitrogens with zero attached hydrogens (tertiary/aromatic N) is 3. The molecule has 0 aliphatic rings. The molecule has 0 aliphatic carbocycles. The summed E-state index contributed by atoms with van der Waals surface area (Å²) in [7, 11) is 1.93. The average molecular weight is 218 g/mol. The molecule has 0 spiro atoms. The van der Waals surface area contributed by atoms with Crippen LogP contribution in [0.5, 0.6) is 0 Å². The lowest BCUT2D eigenvalue weighted by atomic mass is 9.96. The zero-order valence-electron chi connectivity index (χ0n) is 9.04. The Balaban J connectivity index is 2.65. The number of rotatable bonds is 3. The molecule has 0 unspecified atom stereocenters. The Labute approximate surface area is 89.3 Å². The molecule has 1 heterocycles. The van der Waals surface area contributed by atoms with Crippen LogP contribution in [0.25, 0.3) is 0 Å². The molecule has 0 fully saturated rings. The molecular formula is C9H16ClN3O. The average Bonchev–Trinajstić information content (AvgIpc) is 2.48. The summed E-state index contributed by atoms with van der Waals surface area (Å²) < 4.78 is 5.31. The van der Waals surface area contributed by atoms with Crippen LogP contribution >= 0.6 is 11.6 Å². The fourth-order valence-corrected chi connectivity index (χ4v) is 1.34. The first-order chi connectivity index (χ1) is 6.42. The maximum Gasteiger partial charge on any atom is 0.317 e. The Kier molecular flexibility index (Phi) is 3.37. The molecule has 5 heteroatoms. The van der Waals surface area contributed by atoms with E-state index in [1.54, 1.807) is 0 Å². The van der Waals surface area contributed by atoms with Gasteiger partial charge in [-0.15, -0.1) is 16.7 Å².